The van der Waals surface area contributed by atoms with Crippen LogP contribution >= 0.6 is 0 Å². The first-order chi connectivity index (χ1) is 8.69. The number of ether oxygens (including phenoxy) is 1. The Bertz CT molecular complexity index is 540. The van der Waals surface area contributed by atoms with E-state index in [1.807, 2.05) is 43.3 Å². The normalized spacial score (nSPS) is 10.1. The topological polar surface area (TPSA) is 60.2 Å². The van der Waals surface area contributed by atoms with Crippen LogP contribution in [0.15, 0.2) is 36.4 Å². The number of nitrogens with zero attached hydrogens (tertiary/aromatic N) is 1. The van der Waals surface area contributed by atoms with Crippen molar-refractivity contribution in [3.05, 3.63) is 47.8 Å². The highest BCUT2D eigenvalue weighted by atomic mass is 16.5. The van der Waals surface area contributed by atoms with E-state index in [1.165, 1.54) is 0 Å². The Morgan fingerprint density at radius 3 is 2.83 bits per heavy atom. The molecule has 0 bridgehead atoms. The van der Waals surface area contributed by atoms with Crippen LogP contribution in [0.4, 0.5) is 11.4 Å². The molecule has 1 heterocycles. The summed E-state index contributed by atoms with van der Waals surface area (Å²) >= 11 is 0. The molecule has 0 fully saturated rings. The second-order valence-corrected chi connectivity index (χ2v) is 4.08. The number of anilines is 2. The number of aromatic nitrogens is 1. The van der Waals surface area contributed by atoms with E-state index in [4.69, 9.17) is 10.5 Å². The maximum absolute atomic E-state index is 5.76. The average molecular weight is 243 g/mol. The number of hydrogen-bond donors (Lipinski definition) is 2. The van der Waals surface area contributed by atoms with E-state index in [-0.39, 0.29) is 0 Å². The minimum Gasteiger partial charge on any atom is -0.495 e. The summed E-state index contributed by atoms with van der Waals surface area (Å²) in [4.78, 5) is 4.43. The number of nitrogen functional groups attached to an aromatic ring is 1. The molecule has 0 radical (unpaired) electrons. The molecule has 94 valence electrons. The van der Waals surface area contributed by atoms with Crippen molar-refractivity contribution in [1.29, 1.82) is 0 Å². The van der Waals surface area contributed by atoms with Crippen LogP contribution in [0.3, 0.4) is 0 Å². The van der Waals surface area contributed by atoms with Gasteiger partial charge >= 0.3 is 0 Å². The van der Waals surface area contributed by atoms with Gasteiger partial charge in [-0.25, -0.2) is 0 Å². The third kappa shape index (κ3) is 2.91. The fourth-order valence-electron chi connectivity index (χ4n) is 1.71. The van der Waals surface area contributed by atoms with Gasteiger partial charge in [-0.1, -0.05) is 6.07 Å². The highest BCUT2D eigenvalue weighted by Crippen LogP contribution is 2.25. The van der Waals surface area contributed by atoms with Crippen molar-refractivity contribution in [1.82, 2.24) is 4.98 Å². The fourth-order valence-corrected chi connectivity index (χ4v) is 1.71. The molecule has 3 N–H and O–H groups in total. The highest BCUT2D eigenvalue weighted by molar-refractivity contribution is 5.61. The number of rotatable bonds is 4. The molecule has 1 aromatic heterocycles. The summed E-state index contributed by atoms with van der Waals surface area (Å²) in [7, 11) is 1.61. The Balaban J connectivity index is 2.06. The van der Waals surface area contributed by atoms with Crippen LogP contribution in [-0.2, 0) is 6.54 Å². The number of benzene rings is 1. The van der Waals surface area contributed by atoms with Gasteiger partial charge in [-0.3, -0.25) is 4.98 Å². The van der Waals surface area contributed by atoms with E-state index in [0.29, 0.717) is 18.0 Å². The van der Waals surface area contributed by atoms with Crippen molar-refractivity contribution in [2.45, 2.75) is 13.5 Å². The lowest BCUT2D eigenvalue weighted by Crippen LogP contribution is -2.03. The lowest BCUT2D eigenvalue weighted by molar-refractivity contribution is 0.417. The zero-order valence-electron chi connectivity index (χ0n) is 10.6. The van der Waals surface area contributed by atoms with E-state index in [9.17, 15) is 0 Å². The fraction of sp³-hybridized carbons (Fsp3) is 0.214. The summed E-state index contributed by atoms with van der Waals surface area (Å²) in [6.45, 7) is 2.66. The first-order valence-corrected chi connectivity index (χ1v) is 5.79. The van der Waals surface area contributed by atoms with Gasteiger partial charge in [-0.15, -0.1) is 0 Å². The first kappa shape index (κ1) is 12.2. The van der Waals surface area contributed by atoms with Gasteiger partial charge in [0.15, 0.2) is 0 Å². The minimum atomic E-state index is 0.636. The van der Waals surface area contributed by atoms with E-state index in [0.717, 1.165) is 17.1 Å². The van der Waals surface area contributed by atoms with Gasteiger partial charge in [-0.05, 0) is 31.2 Å². The second kappa shape index (κ2) is 5.40. The molecule has 4 nitrogen and oxygen atoms in total. The van der Waals surface area contributed by atoms with Gasteiger partial charge in [0.05, 0.1) is 25.0 Å². The molecule has 4 heteroatoms. The number of methoxy groups -OCH3 is 1. The van der Waals surface area contributed by atoms with Crippen molar-refractivity contribution in [3.8, 4) is 5.75 Å². The van der Waals surface area contributed by atoms with Crippen molar-refractivity contribution in [3.63, 3.8) is 0 Å². The minimum absolute atomic E-state index is 0.636. The van der Waals surface area contributed by atoms with Crippen LogP contribution in [-0.4, -0.2) is 12.1 Å². The quantitative estimate of drug-likeness (QED) is 0.810. The zero-order valence-corrected chi connectivity index (χ0v) is 10.6. The molecule has 0 atom stereocenters. The van der Waals surface area contributed by atoms with Crippen LogP contribution in [0.2, 0.25) is 0 Å². The van der Waals surface area contributed by atoms with Crippen molar-refractivity contribution in [2.75, 3.05) is 18.2 Å². The maximum atomic E-state index is 5.76. The zero-order chi connectivity index (χ0) is 13.0. The van der Waals surface area contributed by atoms with Gasteiger partial charge in [0.25, 0.3) is 0 Å². The Morgan fingerprint density at radius 2 is 2.11 bits per heavy atom. The summed E-state index contributed by atoms with van der Waals surface area (Å²) in [5.41, 5.74) is 9.38. The smallest absolute Gasteiger partial charge is 0.143 e. The van der Waals surface area contributed by atoms with E-state index in [1.54, 1.807) is 7.11 Å². The summed E-state index contributed by atoms with van der Waals surface area (Å²) in [6.07, 6.45) is 0. The molecule has 18 heavy (non-hydrogen) atoms. The molecule has 0 aliphatic rings. The summed E-state index contributed by atoms with van der Waals surface area (Å²) in [6, 6.07) is 11.6. The lowest BCUT2D eigenvalue weighted by Gasteiger charge is -2.09. The molecule has 0 unspecified atom stereocenters. The van der Waals surface area contributed by atoms with Crippen molar-refractivity contribution < 1.29 is 4.74 Å². The standard InChI is InChI=1S/C14H17N3O/c1-10-4-3-5-12(17-10)9-16-11-6-7-13(15)14(8-11)18-2/h3-8,16H,9,15H2,1-2H3. The monoisotopic (exact) mass is 243 g/mol. The largest absolute Gasteiger partial charge is 0.495 e. The molecule has 0 aliphatic heterocycles. The van der Waals surface area contributed by atoms with Gasteiger partial charge < -0.3 is 15.8 Å². The van der Waals surface area contributed by atoms with Gasteiger partial charge in [-0.2, -0.15) is 0 Å². The molecular formula is C14H17N3O. The number of aryl methyl sites for hydroxylation is 1. The maximum Gasteiger partial charge on any atom is 0.143 e. The molecular weight excluding hydrogens is 226 g/mol. The van der Waals surface area contributed by atoms with Crippen LogP contribution in [0.5, 0.6) is 5.75 Å². The predicted molar refractivity (Wildman–Crippen MR) is 73.7 cm³/mol. The Hall–Kier alpha value is -2.23. The van der Waals surface area contributed by atoms with E-state index < -0.39 is 0 Å². The lowest BCUT2D eigenvalue weighted by atomic mass is 10.2. The summed E-state index contributed by atoms with van der Waals surface area (Å²) in [5.74, 6) is 0.678. The van der Waals surface area contributed by atoms with Gasteiger partial charge in [0.2, 0.25) is 0 Å². The summed E-state index contributed by atoms with van der Waals surface area (Å²) < 4.78 is 5.18. The first-order valence-electron chi connectivity index (χ1n) is 5.79. The molecule has 0 saturated carbocycles. The third-order valence-electron chi connectivity index (χ3n) is 2.65. The molecule has 0 spiro atoms. The SMILES string of the molecule is COc1cc(NCc2cccc(C)n2)ccc1N. The number of nitrogens with one attached hydrogen (secondary N) is 1. The van der Waals surface area contributed by atoms with E-state index >= 15 is 0 Å². The Kier molecular flexibility index (Phi) is 3.67. The van der Waals surface area contributed by atoms with Crippen LogP contribution < -0.4 is 15.8 Å². The molecule has 2 rings (SSSR count). The molecule has 1 aromatic carbocycles. The summed E-state index contributed by atoms with van der Waals surface area (Å²) in [5, 5.41) is 3.29. The highest BCUT2D eigenvalue weighted by Gasteiger charge is 2.01. The Morgan fingerprint density at radius 1 is 1.28 bits per heavy atom. The van der Waals surface area contributed by atoms with Crippen LogP contribution in [0.1, 0.15) is 11.4 Å². The van der Waals surface area contributed by atoms with Crippen LogP contribution in [0, 0.1) is 6.92 Å². The average Bonchev–Trinajstić information content (AvgIpc) is 2.38. The number of nitrogens with two attached hydrogens (primary N) is 1. The van der Waals surface area contributed by atoms with Gasteiger partial charge in [0, 0.05) is 17.4 Å². The van der Waals surface area contributed by atoms with Crippen LogP contribution in [0.25, 0.3) is 0 Å². The van der Waals surface area contributed by atoms with Gasteiger partial charge in [0.1, 0.15) is 5.75 Å². The molecule has 0 amide bonds. The molecule has 0 saturated heterocycles. The predicted octanol–water partition coefficient (Wildman–Crippen LogP) is 2.59. The number of pyridine rings is 1. The number of hydrogen-bond acceptors (Lipinski definition) is 4. The van der Waals surface area contributed by atoms with Crippen molar-refractivity contribution in [2.24, 2.45) is 0 Å². The van der Waals surface area contributed by atoms with E-state index in [2.05, 4.69) is 10.3 Å². The molecule has 0 aliphatic carbocycles. The third-order valence-corrected chi connectivity index (χ3v) is 2.65. The molecule has 2 aromatic rings. The van der Waals surface area contributed by atoms with Crippen molar-refractivity contribution >= 4 is 11.4 Å². The Labute approximate surface area is 107 Å². The second-order valence-electron chi connectivity index (χ2n) is 4.08.